The molecule has 22 heavy (non-hydrogen) atoms. The van der Waals surface area contributed by atoms with Gasteiger partial charge in [-0.15, -0.1) is 11.3 Å². The summed E-state index contributed by atoms with van der Waals surface area (Å²) in [6.07, 6.45) is 3.30. The zero-order valence-electron chi connectivity index (χ0n) is 13.6. The molecule has 1 saturated heterocycles. The average molecular weight is 323 g/mol. The molecule has 1 fully saturated rings. The number of nitrogens with one attached hydrogen (secondary N) is 2. The number of thiophene rings is 1. The van der Waals surface area contributed by atoms with Gasteiger partial charge in [0.25, 0.3) is 5.91 Å². The Labute approximate surface area is 136 Å². The fraction of sp³-hybridized carbons (Fsp3) is 0.625. The lowest BCUT2D eigenvalue weighted by molar-refractivity contribution is 0.0960. The van der Waals surface area contributed by atoms with Crippen molar-refractivity contribution >= 4 is 29.0 Å². The minimum Gasteiger partial charge on any atom is -0.352 e. The van der Waals surface area contributed by atoms with Gasteiger partial charge in [0.2, 0.25) is 0 Å². The van der Waals surface area contributed by atoms with Crippen molar-refractivity contribution in [3.05, 3.63) is 15.8 Å². The molecule has 0 saturated carbocycles. The van der Waals surface area contributed by atoms with E-state index in [-0.39, 0.29) is 11.9 Å². The van der Waals surface area contributed by atoms with Crippen LogP contribution in [-0.4, -0.2) is 36.5 Å². The molecule has 2 N–H and O–H groups in total. The number of urea groups is 1. The van der Waals surface area contributed by atoms with Crippen LogP contribution in [0.2, 0.25) is 0 Å². The van der Waals surface area contributed by atoms with Gasteiger partial charge in [0, 0.05) is 24.5 Å². The quantitative estimate of drug-likeness (QED) is 0.895. The number of amides is 3. The second kappa shape index (κ2) is 7.63. The largest absolute Gasteiger partial charge is 0.352 e. The highest BCUT2D eigenvalue weighted by Crippen LogP contribution is 2.27. The molecule has 0 spiro atoms. The summed E-state index contributed by atoms with van der Waals surface area (Å²) in [5.41, 5.74) is 0.744. The molecule has 5 nitrogen and oxygen atoms in total. The molecule has 2 heterocycles. The predicted molar refractivity (Wildman–Crippen MR) is 90.7 cm³/mol. The maximum absolute atomic E-state index is 12.4. The number of anilines is 1. The Kier molecular flexibility index (Phi) is 5.83. The van der Waals surface area contributed by atoms with E-state index in [0.717, 1.165) is 36.5 Å². The van der Waals surface area contributed by atoms with Crippen LogP contribution in [0.4, 0.5) is 10.5 Å². The summed E-state index contributed by atoms with van der Waals surface area (Å²) >= 11 is 1.41. The van der Waals surface area contributed by atoms with E-state index < -0.39 is 0 Å². The molecule has 6 heteroatoms. The molecule has 3 amide bonds. The van der Waals surface area contributed by atoms with Gasteiger partial charge in [0.05, 0.1) is 10.6 Å². The number of carbonyl (C=O) groups is 2. The summed E-state index contributed by atoms with van der Waals surface area (Å²) in [6, 6.07) is 1.71. The van der Waals surface area contributed by atoms with Crippen molar-refractivity contribution in [2.45, 2.75) is 40.0 Å². The highest BCUT2D eigenvalue weighted by Gasteiger charge is 2.20. The molecule has 1 atom stereocenters. The second-order valence-electron chi connectivity index (χ2n) is 5.89. The van der Waals surface area contributed by atoms with Crippen LogP contribution in [0.1, 0.15) is 47.7 Å². The molecule has 1 aliphatic rings. The highest BCUT2D eigenvalue weighted by atomic mass is 32.1. The lowest BCUT2D eigenvalue weighted by atomic mass is 10.0. The fourth-order valence-corrected chi connectivity index (χ4v) is 3.52. The SMILES string of the molecule is CCNC(=O)c1cc(NC(=O)N2CCCC(C)CC2)c(C)s1. The van der Waals surface area contributed by atoms with E-state index in [9.17, 15) is 9.59 Å². The zero-order valence-corrected chi connectivity index (χ0v) is 14.4. The summed E-state index contributed by atoms with van der Waals surface area (Å²) in [7, 11) is 0. The first-order valence-electron chi connectivity index (χ1n) is 7.95. The summed E-state index contributed by atoms with van der Waals surface area (Å²) in [5.74, 6) is 0.602. The van der Waals surface area contributed by atoms with Crippen molar-refractivity contribution < 1.29 is 9.59 Å². The number of hydrogen-bond donors (Lipinski definition) is 2. The van der Waals surface area contributed by atoms with E-state index in [1.165, 1.54) is 17.8 Å². The number of rotatable bonds is 3. The molecular formula is C16H25N3O2S. The Morgan fingerprint density at radius 3 is 2.86 bits per heavy atom. The van der Waals surface area contributed by atoms with Crippen LogP contribution in [0.15, 0.2) is 6.07 Å². The van der Waals surface area contributed by atoms with Crippen molar-refractivity contribution in [2.75, 3.05) is 25.0 Å². The molecule has 0 radical (unpaired) electrons. The Morgan fingerprint density at radius 1 is 1.36 bits per heavy atom. The smallest absolute Gasteiger partial charge is 0.321 e. The molecule has 122 valence electrons. The molecule has 0 aliphatic carbocycles. The maximum Gasteiger partial charge on any atom is 0.321 e. The van der Waals surface area contributed by atoms with Gasteiger partial charge in [-0.1, -0.05) is 6.92 Å². The van der Waals surface area contributed by atoms with Gasteiger partial charge in [-0.2, -0.15) is 0 Å². The molecule has 2 rings (SSSR count). The third kappa shape index (κ3) is 4.22. The van der Waals surface area contributed by atoms with Gasteiger partial charge in [-0.05, 0) is 45.1 Å². The van der Waals surface area contributed by atoms with Crippen LogP contribution < -0.4 is 10.6 Å². The van der Waals surface area contributed by atoms with Gasteiger partial charge in [0.1, 0.15) is 0 Å². The van der Waals surface area contributed by atoms with Gasteiger partial charge < -0.3 is 15.5 Å². The molecule has 1 aromatic heterocycles. The molecule has 1 aliphatic heterocycles. The maximum atomic E-state index is 12.4. The molecule has 0 aromatic carbocycles. The van der Waals surface area contributed by atoms with Crippen molar-refractivity contribution in [1.29, 1.82) is 0 Å². The van der Waals surface area contributed by atoms with Crippen LogP contribution in [0, 0.1) is 12.8 Å². The molecular weight excluding hydrogens is 298 g/mol. The molecule has 1 unspecified atom stereocenters. The topological polar surface area (TPSA) is 61.4 Å². The summed E-state index contributed by atoms with van der Waals surface area (Å²) in [5, 5.41) is 5.74. The Bertz CT molecular complexity index is 541. The monoisotopic (exact) mass is 323 g/mol. The van der Waals surface area contributed by atoms with E-state index >= 15 is 0 Å². The normalized spacial score (nSPS) is 18.7. The Balaban J connectivity index is 2.00. The van der Waals surface area contributed by atoms with Crippen LogP contribution in [0.25, 0.3) is 0 Å². The zero-order chi connectivity index (χ0) is 16.1. The van der Waals surface area contributed by atoms with E-state index in [4.69, 9.17) is 0 Å². The minimum absolute atomic E-state index is 0.0579. The number of carbonyl (C=O) groups excluding carboxylic acids is 2. The van der Waals surface area contributed by atoms with Gasteiger partial charge in [-0.25, -0.2) is 4.79 Å². The summed E-state index contributed by atoms with van der Waals surface area (Å²) in [6.45, 7) is 8.27. The molecule has 0 bridgehead atoms. The first kappa shape index (κ1) is 16.8. The standard InChI is InChI=1S/C16H25N3O2S/c1-4-17-15(20)14-10-13(12(3)22-14)18-16(21)19-8-5-6-11(2)7-9-19/h10-11H,4-9H2,1-3H3,(H,17,20)(H,18,21). The van der Waals surface area contributed by atoms with E-state index in [1.54, 1.807) is 6.07 Å². The average Bonchev–Trinajstić information content (AvgIpc) is 2.70. The summed E-state index contributed by atoms with van der Waals surface area (Å²) < 4.78 is 0. The van der Waals surface area contributed by atoms with Crippen LogP contribution in [0.3, 0.4) is 0 Å². The van der Waals surface area contributed by atoms with Gasteiger partial charge in [0.15, 0.2) is 0 Å². The van der Waals surface area contributed by atoms with Crippen LogP contribution in [-0.2, 0) is 0 Å². The van der Waals surface area contributed by atoms with Crippen LogP contribution >= 0.6 is 11.3 Å². The molecule has 1 aromatic rings. The van der Waals surface area contributed by atoms with Crippen molar-refractivity contribution in [3.8, 4) is 0 Å². The number of hydrogen-bond acceptors (Lipinski definition) is 3. The first-order chi connectivity index (χ1) is 10.5. The second-order valence-corrected chi connectivity index (χ2v) is 7.15. The summed E-state index contributed by atoms with van der Waals surface area (Å²) in [4.78, 5) is 27.7. The fourth-order valence-electron chi connectivity index (χ4n) is 2.63. The Morgan fingerprint density at radius 2 is 2.14 bits per heavy atom. The van der Waals surface area contributed by atoms with Crippen molar-refractivity contribution in [2.24, 2.45) is 5.92 Å². The lowest BCUT2D eigenvalue weighted by Gasteiger charge is -2.20. The number of nitrogens with zero attached hydrogens (tertiary/aromatic N) is 1. The van der Waals surface area contributed by atoms with E-state index in [0.29, 0.717) is 17.3 Å². The van der Waals surface area contributed by atoms with E-state index in [2.05, 4.69) is 17.6 Å². The Hall–Kier alpha value is -1.56. The number of aryl methyl sites for hydroxylation is 1. The first-order valence-corrected chi connectivity index (χ1v) is 8.77. The van der Waals surface area contributed by atoms with Crippen LogP contribution in [0.5, 0.6) is 0 Å². The number of likely N-dealkylation sites (tertiary alicyclic amines) is 1. The highest BCUT2D eigenvalue weighted by molar-refractivity contribution is 7.14. The lowest BCUT2D eigenvalue weighted by Crippen LogP contribution is -2.35. The van der Waals surface area contributed by atoms with Gasteiger partial charge >= 0.3 is 6.03 Å². The van der Waals surface area contributed by atoms with Gasteiger partial charge in [-0.3, -0.25) is 4.79 Å². The van der Waals surface area contributed by atoms with E-state index in [1.807, 2.05) is 18.7 Å². The predicted octanol–water partition coefficient (Wildman–Crippen LogP) is 3.46. The third-order valence-corrected chi connectivity index (χ3v) is 5.07. The van der Waals surface area contributed by atoms with Crippen molar-refractivity contribution in [3.63, 3.8) is 0 Å². The third-order valence-electron chi connectivity index (χ3n) is 4.02. The van der Waals surface area contributed by atoms with Crippen molar-refractivity contribution in [1.82, 2.24) is 10.2 Å². The minimum atomic E-state index is -0.0836.